The molecule has 104 valence electrons. The largest absolute Gasteiger partial charge is 0.381 e. The molecule has 1 aromatic heterocycles. The van der Waals surface area contributed by atoms with Crippen molar-refractivity contribution in [3.63, 3.8) is 0 Å². The molecule has 0 aliphatic heterocycles. The molecule has 20 heavy (non-hydrogen) atoms. The van der Waals surface area contributed by atoms with Gasteiger partial charge in [-0.05, 0) is 5.56 Å². The number of rotatable bonds is 7. The molecule has 0 aliphatic rings. The SMILES string of the molecule is C=CN(CC(O)(Cn1cncn1)c1ccccc1)N=C. The molecule has 0 radical (unpaired) electrons. The van der Waals surface area contributed by atoms with E-state index in [1.165, 1.54) is 17.5 Å². The summed E-state index contributed by atoms with van der Waals surface area (Å²) in [5, 5.41) is 20.4. The van der Waals surface area contributed by atoms with Crippen LogP contribution in [0.25, 0.3) is 0 Å². The zero-order chi connectivity index (χ0) is 14.4. The maximum atomic E-state index is 11.0. The predicted octanol–water partition coefficient (Wildman–Crippen LogP) is 1.23. The number of aromatic nitrogens is 3. The fourth-order valence-corrected chi connectivity index (χ4v) is 2.00. The molecular weight excluding hydrogens is 254 g/mol. The molecule has 1 heterocycles. The van der Waals surface area contributed by atoms with Crippen LogP contribution in [0, 0.1) is 0 Å². The number of hydrogen-bond donors (Lipinski definition) is 1. The van der Waals surface area contributed by atoms with Gasteiger partial charge in [0, 0.05) is 12.9 Å². The van der Waals surface area contributed by atoms with Crippen LogP contribution in [0.4, 0.5) is 0 Å². The lowest BCUT2D eigenvalue weighted by atomic mass is 9.93. The van der Waals surface area contributed by atoms with E-state index in [-0.39, 0.29) is 13.1 Å². The van der Waals surface area contributed by atoms with Crippen molar-refractivity contribution in [2.24, 2.45) is 5.10 Å². The van der Waals surface area contributed by atoms with E-state index in [1.807, 2.05) is 30.3 Å². The predicted molar refractivity (Wildman–Crippen MR) is 76.8 cm³/mol. The fraction of sp³-hybridized carbons (Fsp3) is 0.214. The monoisotopic (exact) mass is 271 g/mol. The minimum absolute atomic E-state index is 0.226. The highest BCUT2D eigenvalue weighted by Crippen LogP contribution is 2.24. The number of benzene rings is 1. The van der Waals surface area contributed by atoms with E-state index in [0.717, 1.165) is 5.56 Å². The highest BCUT2D eigenvalue weighted by atomic mass is 16.3. The van der Waals surface area contributed by atoms with Crippen molar-refractivity contribution in [1.82, 2.24) is 19.8 Å². The summed E-state index contributed by atoms with van der Waals surface area (Å²) in [5.74, 6) is 0. The summed E-state index contributed by atoms with van der Waals surface area (Å²) in [5.41, 5.74) is -0.407. The highest BCUT2D eigenvalue weighted by molar-refractivity contribution is 5.25. The van der Waals surface area contributed by atoms with Gasteiger partial charge in [0.15, 0.2) is 0 Å². The van der Waals surface area contributed by atoms with E-state index < -0.39 is 5.60 Å². The van der Waals surface area contributed by atoms with Crippen LogP contribution in [0.2, 0.25) is 0 Å². The molecule has 2 aromatic rings. The summed E-state index contributed by atoms with van der Waals surface area (Å²) in [4.78, 5) is 3.89. The Bertz CT molecular complexity index is 546. The van der Waals surface area contributed by atoms with Crippen molar-refractivity contribution in [2.75, 3.05) is 6.54 Å². The molecule has 0 aliphatic carbocycles. The van der Waals surface area contributed by atoms with Crippen LogP contribution in [0.1, 0.15) is 5.56 Å². The van der Waals surface area contributed by atoms with Crippen molar-refractivity contribution in [3.05, 3.63) is 61.3 Å². The smallest absolute Gasteiger partial charge is 0.137 e. The average molecular weight is 271 g/mol. The van der Waals surface area contributed by atoms with Gasteiger partial charge in [0.05, 0.1) is 13.1 Å². The van der Waals surface area contributed by atoms with E-state index >= 15 is 0 Å². The highest BCUT2D eigenvalue weighted by Gasteiger charge is 2.32. The van der Waals surface area contributed by atoms with Gasteiger partial charge in [-0.3, -0.25) is 5.01 Å². The first kappa shape index (κ1) is 14.0. The number of hydrazone groups is 1. The Labute approximate surface area is 117 Å². The third-order valence-electron chi connectivity index (χ3n) is 3.02. The molecule has 2 rings (SSSR count). The summed E-state index contributed by atoms with van der Waals surface area (Å²) >= 11 is 0. The lowest BCUT2D eigenvalue weighted by molar-refractivity contribution is -0.00768. The van der Waals surface area contributed by atoms with Crippen molar-refractivity contribution in [1.29, 1.82) is 0 Å². The van der Waals surface area contributed by atoms with E-state index in [0.29, 0.717) is 0 Å². The Morgan fingerprint density at radius 2 is 2.15 bits per heavy atom. The van der Waals surface area contributed by atoms with Crippen molar-refractivity contribution < 1.29 is 5.11 Å². The molecule has 0 saturated heterocycles. The summed E-state index contributed by atoms with van der Waals surface area (Å²) in [6.07, 6.45) is 4.51. The van der Waals surface area contributed by atoms with Crippen molar-refractivity contribution in [2.45, 2.75) is 12.1 Å². The van der Waals surface area contributed by atoms with Crippen LogP contribution in [-0.4, -0.2) is 38.1 Å². The first-order valence-corrected chi connectivity index (χ1v) is 6.14. The van der Waals surface area contributed by atoms with Crippen LogP contribution in [0.3, 0.4) is 0 Å². The first-order chi connectivity index (χ1) is 9.68. The number of nitrogens with zero attached hydrogens (tertiary/aromatic N) is 5. The fourth-order valence-electron chi connectivity index (χ4n) is 2.00. The molecule has 6 nitrogen and oxygen atoms in total. The van der Waals surface area contributed by atoms with E-state index in [1.54, 1.807) is 11.0 Å². The van der Waals surface area contributed by atoms with Crippen LogP contribution in [0.15, 0.2) is 60.9 Å². The van der Waals surface area contributed by atoms with Gasteiger partial charge in [-0.25, -0.2) is 9.67 Å². The zero-order valence-corrected chi connectivity index (χ0v) is 11.1. The Morgan fingerprint density at radius 3 is 2.70 bits per heavy atom. The van der Waals surface area contributed by atoms with E-state index in [4.69, 9.17) is 0 Å². The molecule has 1 aromatic carbocycles. The third-order valence-corrected chi connectivity index (χ3v) is 3.02. The quantitative estimate of drug-likeness (QED) is 0.607. The van der Waals surface area contributed by atoms with Gasteiger partial charge in [-0.1, -0.05) is 36.9 Å². The molecular formula is C14H17N5O. The molecule has 0 amide bonds. The molecule has 1 N–H and O–H groups in total. The van der Waals surface area contributed by atoms with Crippen molar-refractivity contribution >= 4 is 6.72 Å². The normalized spacial score (nSPS) is 13.4. The maximum absolute atomic E-state index is 11.0. The summed E-state index contributed by atoms with van der Waals surface area (Å²) in [6, 6.07) is 9.38. The minimum Gasteiger partial charge on any atom is -0.381 e. The molecule has 0 fully saturated rings. The van der Waals surface area contributed by atoms with Crippen LogP contribution in [0.5, 0.6) is 0 Å². The van der Waals surface area contributed by atoms with Crippen LogP contribution >= 0.6 is 0 Å². The number of hydrogen-bond acceptors (Lipinski definition) is 5. The lowest BCUT2D eigenvalue weighted by Crippen LogP contribution is -2.40. The molecule has 0 spiro atoms. The standard InChI is InChI=1S/C14H17N5O/c1-3-18(15-2)9-14(20,10-19-12-16-11-17-19)13-7-5-4-6-8-13/h3-8,11-12,20H,1-2,9-10H2. The van der Waals surface area contributed by atoms with Gasteiger partial charge >= 0.3 is 0 Å². The average Bonchev–Trinajstić information content (AvgIpc) is 2.98. The Hall–Kier alpha value is -2.47. The van der Waals surface area contributed by atoms with Gasteiger partial charge in [-0.2, -0.15) is 10.2 Å². The van der Waals surface area contributed by atoms with Gasteiger partial charge in [0.1, 0.15) is 18.3 Å². The first-order valence-electron chi connectivity index (χ1n) is 6.14. The summed E-state index contributed by atoms with van der Waals surface area (Å²) in [7, 11) is 0. The zero-order valence-electron chi connectivity index (χ0n) is 11.1. The van der Waals surface area contributed by atoms with Crippen LogP contribution in [-0.2, 0) is 12.1 Å². The summed E-state index contributed by atoms with van der Waals surface area (Å²) in [6.45, 7) is 7.61. The van der Waals surface area contributed by atoms with Gasteiger partial charge in [-0.15, -0.1) is 0 Å². The van der Waals surface area contributed by atoms with Gasteiger partial charge in [0.2, 0.25) is 0 Å². The third kappa shape index (κ3) is 3.10. The van der Waals surface area contributed by atoms with E-state index in [2.05, 4.69) is 28.5 Å². The molecule has 0 saturated carbocycles. The second-order valence-electron chi connectivity index (χ2n) is 4.41. The summed E-state index contributed by atoms with van der Waals surface area (Å²) < 4.78 is 1.58. The van der Waals surface area contributed by atoms with Gasteiger partial charge in [0.25, 0.3) is 0 Å². The lowest BCUT2D eigenvalue weighted by Gasteiger charge is -2.31. The Morgan fingerprint density at radius 1 is 1.40 bits per heavy atom. The van der Waals surface area contributed by atoms with Gasteiger partial charge < -0.3 is 5.11 Å². The molecule has 6 heteroatoms. The van der Waals surface area contributed by atoms with Crippen molar-refractivity contribution in [3.8, 4) is 0 Å². The number of aliphatic hydroxyl groups is 1. The molecule has 0 bridgehead atoms. The molecule has 1 unspecified atom stereocenters. The van der Waals surface area contributed by atoms with Crippen LogP contribution < -0.4 is 0 Å². The van der Waals surface area contributed by atoms with E-state index in [9.17, 15) is 5.11 Å². The minimum atomic E-state index is -1.18. The maximum Gasteiger partial charge on any atom is 0.137 e. The topological polar surface area (TPSA) is 66.5 Å². The second-order valence-corrected chi connectivity index (χ2v) is 4.41. The Balaban J connectivity index is 2.31. The second kappa shape index (κ2) is 6.12. The Kier molecular flexibility index (Phi) is 4.27. The molecule has 1 atom stereocenters.